The lowest BCUT2D eigenvalue weighted by Gasteiger charge is -2.45. The molecular formula is C17H24N4O4. The second kappa shape index (κ2) is 6.85. The number of aryl methyl sites for hydroxylation is 1. The van der Waals surface area contributed by atoms with Gasteiger partial charge in [0.05, 0.1) is 17.7 Å². The minimum absolute atomic E-state index is 0.0600. The Morgan fingerprint density at radius 3 is 2.72 bits per heavy atom. The van der Waals surface area contributed by atoms with Gasteiger partial charge in [-0.3, -0.25) is 19.5 Å². The Labute approximate surface area is 146 Å². The van der Waals surface area contributed by atoms with Gasteiger partial charge in [0.15, 0.2) is 0 Å². The van der Waals surface area contributed by atoms with E-state index in [1.54, 1.807) is 23.0 Å². The Kier molecular flexibility index (Phi) is 4.78. The number of nitrogens with one attached hydrogen (secondary N) is 1. The number of piperidine rings is 1. The third-order valence-electron chi connectivity index (χ3n) is 5.76. The fourth-order valence-electron chi connectivity index (χ4n) is 4.14. The Morgan fingerprint density at radius 2 is 2.12 bits per heavy atom. The lowest BCUT2D eigenvalue weighted by Crippen LogP contribution is -2.56. The Bertz CT molecular complexity index is 650. The smallest absolute Gasteiger partial charge is 0.309 e. The van der Waals surface area contributed by atoms with Gasteiger partial charge < -0.3 is 14.9 Å². The molecule has 2 N–H and O–H groups in total. The highest BCUT2D eigenvalue weighted by atomic mass is 16.4. The van der Waals surface area contributed by atoms with Crippen molar-refractivity contribution in [3.05, 3.63) is 18.0 Å². The molecule has 0 saturated carbocycles. The predicted molar refractivity (Wildman–Crippen MR) is 88.6 cm³/mol. The molecule has 136 valence electrons. The number of carboxylic acids is 1. The van der Waals surface area contributed by atoms with Crippen LogP contribution in [0.4, 0.5) is 0 Å². The number of H-pyrrole nitrogens is 1. The molecule has 1 atom stereocenters. The molecule has 1 spiro atoms. The minimum Gasteiger partial charge on any atom is -0.481 e. The summed E-state index contributed by atoms with van der Waals surface area (Å²) in [5.41, 5.74) is 0.442. The van der Waals surface area contributed by atoms with Crippen molar-refractivity contribution in [2.24, 2.45) is 5.92 Å². The molecule has 3 heterocycles. The van der Waals surface area contributed by atoms with Crippen LogP contribution in [-0.4, -0.2) is 68.6 Å². The number of aliphatic carboxylic acids is 1. The zero-order valence-corrected chi connectivity index (χ0v) is 14.4. The molecule has 1 aromatic rings. The van der Waals surface area contributed by atoms with E-state index >= 15 is 0 Å². The van der Waals surface area contributed by atoms with Crippen molar-refractivity contribution < 1.29 is 19.5 Å². The van der Waals surface area contributed by atoms with Gasteiger partial charge in [-0.05, 0) is 31.2 Å². The Morgan fingerprint density at radius 1 is 1.40 bits per heavy atom. The highest BCUT2D eigenvalue weighted by Crippen LogP contribution is 2.42. The molecular weight excluding hydrogens is 324 g/mol. The third kappa shape index (κ3) is 3.25. The Hall–Kier alpha value is -2.38. The van der Waals surface area contributed by atoms with Crippen molar-refractivity contribution in [3.63, 3.8) is 0 Å². The van der Waals surface area contributed by atoms with Crippen molar-refractivity contribution >= 4 is 17.8 Å². The van der Waals surface area contributed by atoms with Crippen LogP contribution in [0.3, 0.4) is 0 Å². The van der Waals surface area contributed by atoms with E-state index in [-0.39, 0.29) is 18.2 Å². The predicted octanol–water partition coefficient (Wildman–Crippen LogP) is 0.657. The average Bonchev–Trinajstić information content (AvgIpc) is 3.19. The first kappa shape index (κ1) is 17.4. The molecule has 8 heteroatoms. The molecule has 0 unspecified atom stereocenters. The molecule has 8 nitrogen and oxygen atoms in total. The summed E-state index contributed by atoms with van der Waals surface area (Å²) in [5.74, 6) is -1.62. The molecule has 2 aliphatic heterocycles. The van der Waals surface area contributed by atoms with E-state index in [9.17, 15) is 19.5 Å². The first-order valence-electron chi connectivity index (χ1n) is 8.69. The number of nitrogens with zero attached hydrogens (tertiary/aromatic N) is 3. The highest BCUT2D eigenvalue weighted by Gasteiger charge is 2.55. The molecule has 2 fully saturated rings. The van der Waals surface area contributed by atoms with Gasteiger partial charge in [-0.15, -0.1) is 0 Å². The number of carboxylic acid groups (broad SMARTS) is 1. The van der Waals surface area contributed by atoms with E-state index in [1.807, 2.05) is 6.20 Å². The van der Waals surface area contributed by atoms with Crippen LogP contribution in [0, 0.1) is 5.92 Å². The van der Waals surface area contributed by atoms with Crippen molar-refractivity contribution in [3.8, 4) is 0 Å². The number of likely N-dealkylation sites (tertiary alicyclic amines) is 2. The van der Waals surface area contributed by atoms with Crippen molar-refractivity contribution in [1.29, 1.82) is 0 Å². The number of aromatic nitrogens is 2. The summed E-state index contributed by atoms with van der Waals surface area (Å²) in [6.07, 6.45) is 6.73. The fourth-order valence-corrected chi connectivity index (χ4v) is 4.14. The van der Waals surface area contributed by atoms with Crippen LogP contribution in [0.2, 0.25) is 0 Å². The summed E-state index contributed by atoms with van der Waals surface area (Å²) in [6, 6.07) is 0. The zero-order valence-electron chi connectivity index (χ0n) is 14.4. The molecule has 1 aromatic heterocycles. The van der Waals surface area contributed by atoms with E-state index in [0.717, 1.165) is 18.4 Å². The number of aromatic amines is 1. The third-order valence-corrected chi connectivity index (χ3v) is 5.76. The van der Waals surface area contributed by atoms with E-state index in [0.29, 0.717) is 32.4 Å². The maximum Gasteiger partial charge on any atom is 0.309 e. The average molecular weight is 348 g/mol. The molecule has 0 aromatic carbocycles. The largest absolute Gasteiger partial charge is 0.481 e. The van der Waals surface area contributed by atoms with Crippen LogP contribution >= 0.6 is 0 Å². The molecule has 3 rings (SSSR count). The summed E-state index contributed by atoms with van der Waals surface area (Å²) in [6.45, 7) is 1.01. The quantitative estimate of drug-likeness (QED) is 0.813. The van der Waals surface area contributed by atoms with Crippen LogP contribution < -0.4 is 0 Å². The van der Waals surface area contributed by atoms with Gasteiger partial charge >= 0.3 is 5.97 Å². The number of hydrogen-bond acceptors (Lipinski definition) is 4. The molecule has 2 aliphatic rings. The monoisotopic (exact) mass is 348 g/mol. The molecule has 0 radical (unpaired) electrons. The minimum atomic E-state index is -0.919. The second-order valence-corrected chi connectivity index (χ2v) is 6.99. The maximum absolute atomic E-state index is 12.4. The summed E-state index contributed by atoms with van der Waals surface area (Å²) in [7, 11) is 1.69. The number of rotatable bonds is 5. The van der Waals surface area contributed by atoms with Crippen LogP contribution in [0.1, 0.15) is 37.7 Å². The van der Waals surface area contributed by atoms with Gasteiger partial charge in [-0.2, -0.15) is 5.10 Å². The van der Waals surface area contributed by atoms with Gasteiger partial charge in [0.2, 0.25) is 11.8 Å². The number of hydrogen-bond donors (Lipinski definition) is 2. The second-order valence-electron chi connectivity index (χ2n) is 6.99. The maximum atomic E-state index is 12.4. The highest BCUT2D eigenvalue weighted by molar-refractivity contribution is 5.88. The van der Waals surface area contributed by atoms with Crippen molar-refractivity contribution in [2.45, 2.75) is 44.1 Å². The summed E-state index contributed by atoms with van der Waals surface area (Å²) in [4.78, 5) is 39.4. The number of carbonyl (C=O) groups excluding carboxylic acids is 2. The molecule has 0 bridgehead atoms. The van der Waals surface area contributed by atoms with Crippen LogP contribution in [0.5, 0.6) is 0 Å². The fraction of sp³-hybridized carbons (Fsp3) is 0.647. The summed E-state index contributed by atoms with van der Waals surface area (Å²) >= 11 is 0. The van der Waals surface area contributed by atoms with Gasteiger partial charge in [0.1, 0.15) is 0 Å². The van der Waals surface area contributed by atoms with Crippen molar-refractivity contribution in [1.82, 2.24) is 20.0 Å². The Balaban J connectivity index is 1.54. The van der Waals surface area contributed by atoms with Crippen LogP contribution in [0.15, 0.2) is 12.4 Å². The number of carbonyl (C=O) groups is 3. The molecule has 2 amide bonds. The first-order valence-corrected chi connectivity index (χ1v) is 8.69. The first-order chi connectivity index (χ1) is 11.9. The summed E-state index contributed by atoms with van der Waals surface area (Å²) < 4.78 is 0. The van der Waals surface area contributed by atoms with E-state index < -0.39 is 17.4 Å². The lowest BCUT2D eigenvalue weighted by atomic mass is 9.77. The van der Waals surface area contributed by atoms with E-state index in [2.05, 4.69) is 10.2 Å². The lowest BCUT2D eigenvalue weighted by molar-refractivity contribution is -0.147. The zero-order chi connectivity index (χ0) is 18.0. The topological polar surface area (TPSA) is 107 Å². The van der Waals surface area contributed by atoms with E-state index in [4.69, 9.17) is 0 Å². The normalized spacial score (nSPS) is 22.6. The van der Waals surface area contributed by atoms with E-state index in [1.165, 1.54) is 0 Å². The van der Waals surface area contributed by atoms with Crippen LogP contribution in [0.25, 0.3) is 0 Å². The van der Waals surface area contributed by atoms with Gasteiger partial charge in [0, 0.05) is 39.2 Å². The molecule has 2 saturated heterocycles. The molecule has 25 heavy (non-hydrogen) atoms. The number of amides is 2. The summed E-state index contributed by atoms with van der Waals surface area (Å²) in [5, 5.41) is 16.1. The van der Waals surface area contributed by atoms with Gasteiger partial charge in [-0.1, -0.05) is 0 Å². The standard InChI is InChI=1S/C17H24N4O4/c1-20-15(23)9-13(16(24)25)17(20)5-7-21(8-6-17)14(22)4-2-3-12-10-18-19-11-12/h10-11,13H,2-9H2,1H3,(H,18,19)(H,24,25)/t13-/m1/s1. The van der Waals surface area contributed by atoms with Gasteiger partial charge in [-0.25, -0.2) is 0 Å². The SMILES string of the molecule is CN1C(=O)C[C@H](C(=O)O)C12CCN(C(=O)CCCc1cn[nH]c1)CC2. The van der Waals surface area contributed by atoms with Gasteiger partial charge in [0.25, 0.3) is 0 Å². The van der Waals surface area contributed by atoms with Crippen molar-refractivity contribution in [2.75, 3.05) is 20.1 Å². The molecule has 0 aliphatic carbocycles. The van der Waals surface area contributed by atoms with Crippen LogP contribution in [-0.2, 0) is 20.8 Å².